The average molecular weight is 336 g/mol. The van der Waals surface area contributed by atoms with Gasteiger partial charge in [-0.15, -0.1) is 0 Å². The minimum absolute atomic E-state index is 0.165. The summed E-state index contributed by atoms with van der Waals surface area (Å²) in [6.45, 7) is 0. The Balaban J connectivity index is 1.86. The lowest BCUT2D eigenvalue weighted by Gasteiger charge is -2.09. The molecule has 0 aliphatic rings. The van der Waals surface area contributed by atoms with E-state index in [1.165, 1.54) is 12.3 Å². The van der Waals surface area contributed by atoms with Gasteiger partial charge in [-0.2, -0.15) is 0 Å². The molecule has 1 N–H and O–H groups in total. The van der Waals surface area contributed by atoms with Crippen molar-refractivity contribution in [2.24, 2.45) is 0 Å². The van der Waals surface area contributed by atoms with E-state index in [4.69, 9.17) is 0 Å². The van der Waals surface area contributed by atoms with Crippen LogP contribution in [0.2, 0.25) is 0 Å². The number of anilines is 1. The second kappa shape index (κ2) is 5.76. The summed E-state index contributed by atoms with van der Waals surface area (Å²) in [6.07, 6.45) is 6.10. The molecule has 3 rings (SSSR count). The highest BCUT2D eigenvalue weighted by Crippen LogP contribution is 2.18. The third kappa shape index (κ3) is 3.34. The molecule has 0 spiro atoms. The van der Waals surface area contributed by atoms with Gasteiger partial charge in [0.25, 0.3) is 10.0 Å². The van der Waals surface area contributed by atoms with Gasteiger partial charge in [-0.05, 0) is 24.3 Å². The van der Waals surface area contributed by atoms with Gasteiger partial charge in [-0.1, -0.05) is 0 Å². The van der Waals surface area contributed by atoms with Crippen LogP contribution in [-0.2, 0) is 10.0 Å². The summed E-state index contributed by atoms with van der Waals surface area (Å²) in [6, 6.07) is 5.12. The maximum absolute atomic E-state index is 13.2. The fraction of sp³-hybridized carbons (Fsp3) is 0. The van der Waals surface area contributed by atoms with E-state index in [0.717, 1.165) is 12.1 Å². The maximum Gasteiger partial charge on any atom is 0.262 e. The third-order valence-electron chi connectivity index (χ3n) is 2.92. The van der Waals surface area contributed by atoms with Crippen LogP contribution in [0, 0.1) is 11.6 Å². The van der Waals surface area contributed by atoms with Gasteiger partial charge in [0, 0.05) is 18.5 Å². The number of halogens is 2. The summed E-state index contributed by atoms with van der Waals surface area (Å²) in [5.74, 6) is -1.40. The lowest BCUT2D eigenvalue weighted by molar-refractivity contribution is 0.568. The van der Waals surface area contributed by atoms with Crippen LogP contribution in [0.3, 0.4) is 0 Å². The number of hydrogen-bond acceptors (Lipinski definition) is 4. The first-order valence-electron chi connectivity index (χ1n) is 6.37. The van der Waals surface area contributed by atoms with Crippen LogP contribution in [0.5, 0.6) is 0 Å². The Morgan fingerprint density at radius 1 is 1.09 bits per heavy atom. The molecule has 0 bridgehead atoms. The zero-order chi connectivity index (χ0) is 16.4. The largest absolute Gasteiger partial charge is 0.291 e. The molecule has 6 nitrogen and oxygen atoms in total. The lowest BCUT2D eigenvalue weighted by Crippen LogP contribution is -2.14. The summed E-state index contributed by atoms with van der Waals surface area (Å²) >= 11 is 0. The Hall–Kier alpha value is -2.81. The Morgan fingerprint density at radius 3 is 2.39 bits per heavy atom. The SMILES string of the molecule is O=S(=O)(Nc1ccc(-n2ccnc2)nc1)c1cc(F)cc(F)c1. The van der Waals surface area contributed by atoms with Crippen LogP contribution < -0.4 is 4.72 Å². The van der Waals surface area contributed by atoms with Gasteiger partial charge in [0.1, 0.15) is 23.8 Å². The van der Waals surface area contributed by atoms with E-state index in [0.29, 0.717) is 11.9 Å². The smallest absolute Gasteiger partial charge is 0.262 e. The van der Waals surface area contributed by atoms with Gasteiger partial charge in [0.2, 0.25) is 0 Å². The number of imidazole rings is 1. The summed E-state index contributed by atoms with van der Waals surface area (Å²) in [5.41, 5.74) is 0.165. The topological polar surface area (TPSA) is 76.9 Å². The number of nitrogens with one attached hydrogen (secondary N) is 1. The van der Waals surface area contributed by atoms with Crippen LogP contribution in [0.4, 0.5) is 14.5 Å². The van der Waals surface area contributed by atoms with Crippen molar-refractivity contribution < 1.29 is 17.2 Å². The van der Waals surface area contributed by atoms with Crippen LogP contribution in [-0.4, -0.2) is 23.0 Å². The number of nitrogens with zero attached hydrogens (tertiary/aromatic N) is 3. The molecular formula is C14H10F2N4O2S. The highest BCUT2D eigenvalue weighted by molar-refractivity contribution is 7.92. The van der Waals surface area contributed by atoms with Gasteiger partial charge in [-0.3, -0.25) is 9.29 Å². The molecule has 0 fully saturated rings. The molecule has 0 atom stereocenters. The monoisotopic (exact) mass is 336 g/mol. The standard InChI is InChI=1S/C14H10F2N4O2S/c15-10-5-11(16)7-13(6-10)23(21,22)19-12-1-2-14(18-8-12)20-4-3-17-9-20/h1-9,19H. The molecule has 2 heterocycles. The van der Waals surface area contributed by atoms with Crippen molar-refractivity contribution in [2.45, 2.75) is 4.90 Å². The van der Waals surface area contributed by atoms with Gasteiger partial charge in [-0.25, -0.2) is 27.2 Å². The van der Waals surface area contributed by atoms with Crippen molar-refractivity contribution in [1.29, 1.82) is 0 Å². The zero-order valence-electron chi connectivity index (χ0n) is 11.5. The highest BCUT2D eigenvalue weighted by Gasteiger charge is 2.17. The van der Waals surface area contributed by atoms with Gasteiger partial charge in [0.05, 0.1) is 16.8 Å². The third-order valence-corrected chi connectivity index (χ3v) is 4.28. The van der Waals surface area contributed by atoms with Crippen molar-refractivity contribution in [2.75, 3.05) is 4.72 Å². The minimum Gasteiger partial charge on any atom is -0.291 e. The summed E-state index contributed by atoms with van der Waals surface area (Å²) in [5, 5.41) is 0. The first kappa shape index (κ1) is 15.1. The quantitative estimate of drug-likeness (QED) is 0.793. The first-order chi connectivity index (χ1) is 10.9. The van der Waals surface area contributed by atoms with Crippen molar-refractivity contribution in [1.82, 2.24) is 14.5 Å². The number of benzene rings is 1. The average Bonchev–Trinajstić information content (AvgIpc) is 3.01. The second-order valence-electron chi connectivity index (χ2n) is 4.59. The minimum atomic E-state index is -4.11. The number of sulfonamides is 1. The molecule has 0 radical (unpaired) electrons. The normalized spacial score (nSPS) is 11.4. The predicted molar refractivity (Wildman–Crippen MR) is 78.5 cm³/mol. The van der Waals surface area contributed by atoms with Gasteiger partial charge in [0.15, 0.2) is 0 Å². The van der Waals surface area contributed by atoms with Crippen LogP contribution in [0.25, 0.3) is 5.82 Å². The van der Waals surface area contributed by atoms with E-state index < -0.39 is 26.6 Å². The van der Waals surface area contributed by atoms with E-state index in [2.05, 4.69) is 14.7 Å². The predicted octanol–water partition coefficient (Wildman–Crippen LogP) is 2.35. The maximum atomic E-state index is 13.2. The Morgan fingerprint density at radius 2 is 1.83 bits per heavy atom. The van der Waals surface area contributed by atoms with Crippen LogP contribution in [0.1, 0.15) is 0 Å². The number of rotatable bonds is 4. The lowest BCUT2D eigenvalue weighted by atomic mass is 10.3. The molecule has 0 saturated carbocycles. The van der Waals surface area contributed by atoms with Crippen molar-refractivity contribution >= 4 is 15.7 Å². The first-order valence-corrected chi connectivity index (χ1v) is 7.86. The molecule has 0 amide bonds. The number of hydrogen-bond donors (Lipinski definition) is 1. The molecule has 3 aromatic rings. The molecule has 23 heavy (non-hydrogen) atoms. The van der Waals surface area contributed by atoms with E-state index in [1.54, 1.807) is 29.4 Å². The summed E-state index contributed by atoms with van der Waals surface area (Å²) in [7, 11) is -4.11. The van der Waals surface area contributed by atoms with Crippen molar-refractivity contribution in [3.63, 3.8) is 0 Å². The molecule has 118 valence electrons. The molecule has 0 aliphatic heterocycles. The van der Waals surface area contributed by atoms with Crippen molar-refractivity contribution in [3.8, 4) is 5.82 Å². The van der Waals surface area contributed by atoms with Crippen LogP contribution >= 0.6 is 0 Å². The van der Waals surface area contributed by atoms with Crippen LogP contribution in [0.15, 0.2) is 60.1 Å². The zero-order valence-corrected chi connectivity index (χ0v) is 12.3. The second-order valence-corrected chi connectivity index (χ2v) is 6.27. The van der Waals surface area contributed by atoms with Gasteiger partial charge >= 0.3 is 0 Å². The Labute approximate surface area is 130 Å². The van der Waals surface area contributed by atoms with Gasteiger partial charge < -0.3 is 0 Å². The molecule has 0 aliphatic carbocycles. The molecule has 1 aromatic carbocycles. The molecule has 0 saturated heterocycles. The van der Waals surface area contributed by atoms with E-state index in [9.17, 15) is 17.2 Å². The molecule has 9 heteroatoms. The van der Waals surface area contributed by atoms with E-state index in [-0.39, 0.29) is 5.69 Å². The van der Waals surface area contributed by atoms with Crippen molar-refractivity contribution in [3.05, 3.63) is 66.9 Å². The fourth-order valence-corrected chi connectivity index (χ4v) is 2.98. The molecule has 0 unspecified atom stereocenters. The summed E-state index contributed by atoms with van der Waals surface area (Å²) in [4.78, 5) is 7.45. The fourth-order valence-electron chi connectivity index (χ4n) is 1.89. The molecule has 2 aromatic heterocycles. The molecular weight excluding hydrogens is 326 g/mol. The number of aromatic nitrogens is 3. The highest BCUT2D eigenvalue weighted by atomic mass is 32.2. The number of pyridine rings is 1. The van der Waals surface area contributed by atoms with E-state index >= 15 is 0 Å². The van der Waals surface area contributed by atoms with E-state index in [1.807, 2.05) is 0 Å². The Bertz CT molecular complexity index is 906. The Kier molecular flexibility index (Phi) is 3.78. The summed E-state index contributed by atoms with van der Waals surface area (Å²) < 4.78 is 54.4.